The number of nitrogens with one attached hydrogen (secondary N) is 1. The predicted molar refractivity (Wildman–Crippen MR) is 107 cm³/mol. The summed E-state index contributed by atoms with van der Waals surface area (Å²) in [5.41, 5.74) is 5.64. The Hall–Kier alpha value is -2.65. The lowest BCUT2D eigenvalue weighted by Crippen LogP contribution is -2.46. The number of likely N-dealkylation sites (tertiary alicyclic amines) is 1. The third-order valence-electron chi connectivity index (χ3n) is 5.88. The third kappa shape index (κ3) is 5.70. The lowest BCUT2D eigenvalue weighted by Gasteiger charge is -2.36. The monoisotopic (exact) mass is 419 g/mol. The van der Waals surface area contributed by atoms with Crippen LogP contribution in [-0.2, 0) is 19.1 Å². The number of aliphatic hydroxyl groups is 1. The molecule has 9 nitrogen and oxygen atoms in total. The summed E-state index contributed by atoms with van der Waals surface area (Å²) in [6.07, 6.45) is -0.122. The first-order chi connectivity index (χ1) is 14.3. The first-order valence-corrected chi connectivity index (χ1v) is 10.2. The van der Waals surface area contributed by atoms with Crippen LogP contribution in [-0.4, -0.2) is 65.2 Å². The molecular weight excluding hydrogens is 390 g/mol. The van der Waals surface area contributed by atoms with Crippen LogP contribution in [0.1, 0.15) is 37.4 Å². The zero-order chi connectivity index (χ0) is 21.7. The summed E-state index contributed by atoms with van der Waals surface area (Å²) in [7, 11) is 0. The molecule has 0 radical (unpaired) electrons. The van der Waals surface area contributed by atoms with Gasteiger partial charge < -0.3 is 30.9 Å². The number of carbonyl (C=O) groups excluding carboxylic acids is 3. The molecule has 3 amide bonds. The van der Waals surface area contributed by atoms with Crippen LogP contribution in [0.2, 0.25) is 0 Å². The van der Waals surface area contributed by atoms with E-state index in [2.05, 4.69) is 5.32 Å². The van der Waals surface area contributed by atoms with E-state index in [1.165, 1.54) is 12.1 Å². The van der Waals surface area contributed by atoms with Gasteiger partial charge in [0, 0.05) is 38.4 Å². The minimum atomic E-state index is -0.925. The molecular formula is C21H29N3O6. The number of primary amides is 1. The van der Waals surface area contributed by atoms with Gasteiger partial charge in [-0.2, -0.15) is 0 Å². The summed E-state index contributed by atoms with van der Waals surface area (Å²) in [4.78, 5) is 37.3. The summed E-state index contributed by atoms with van der Waals surface area (Å²) in [5, 5.41) is 22.4. The molecule has 2 heterocycles. The smallest absolute Gasteiger partial charge is 0.223 e. The number of aromatic hydroxyl groups is 1. The second kappa shape index (κ2) is 9.90. The Morgan fingerprint density at radius 1 is 1.30 bits per heavy atom. The van der Waals surface area contributed by atoms with E-state index in [-0.39, 0.29) is 55.4 Å². The molecule has 1 aromatic carbocycles. The SMILES string of the molecule is NC(=O)CCC(=O)N1CC[C@H]2COC(CC(=O)NCC(O)c3cccc(O)c3)[C@H]2C1. The number of phenols is 1. The highest BCUT2D eigenvalue weighted by Gasteiger charge is 2.42. The van der Waals surface area contributed by atoms with Gasteiger partial charge in [0.15, 0.2) is 0 Å². The molecule has 0 aliphatic carbocycles. The predicted octanol–water partition coefficient (Wildman–Crippen LogP) is 0.0609. The molecule has 2 aliphatic heterocycles. The van der Waals surface area contributed by atoms with Gasteiger partial charge in [-0.15, -0.1) is 0 Å². The van der Waals surface area contributed by atoms with Crippen LogP contribution in [0.3, 0.4) is 0 Å². The molecule has 2 aliphatic rings. The van der Waals surface area contributed by atoms with Crippen molar-refractivity contribution >= 4 is 17.7 Å². The standard InChI is InChI=1S/C21H29N3O6/c22-19(27)4-5-21(29)24-7-6-14-12-30-18(16(14)11-24)9-20(28)23-10-17(26)13-2-1-3-15(25)8-13/h1-3,8,14,16-18,25-26H,4-7,9-12H2,(H2,22,27)(H,23,28)/t14-,16-,17?,18?/m0/s1. The number of carbonyl (C=O) groups is 3. The van der Waals surface area contributed by atoms with E-state index in [1.807, 2.05) is 0 Å². The van der Waals surface area contributed by atoms with Gasteiger partial charge >= 0.3 is 0 Å². The van der Waals surface area contributed by atoms with Crippen molar-refractivity contribution in [2.45, 2.75) is 37.9 Å². The van der Waals surface area contributed by atoms with Crippen LogP contribution in [0.15, 0.2) is 24.3 Å². The molecule has 3 rings (SSSR count). The van der Waals surface area contributed by atoms with Gasteiger partial charge in [-0.1, -0.05) is 12.1 Å². The molecule has 2 fully saturated rings. The zero-order valence-electron chi connectivity index (χ0n) is 16.8. The molecule has 30 heavy (non-hydrogen) atoms. The number of ether oxygens (including phenoxy) is 1. The molecule has 1 aromatic rings. The first kappa shape index (κ1) is 22.0. The number of hydrogen-bond acceptors (Lipinski definition) is 6. The maximum Gasteiger partial charge on any atom is 0.223 e. The Morgan fingerprint density at radius 3 is 2.83 bits per heavy atom. The van der Waals surface area contributed by atoms with Gasteiger partial charge in [0.25, 0.3) is 0 Å². The van der Waals surface area contributed by atoms with Gasteiger partial charge in [-0.25, -0.2) is 0 Å². The average Bonchev–Trinajstić information content (AvgIpc) is 3.12. The number of aliphatic hydroxyl groups excluding tert-OH is 1. The van der Waals surface area contributed by atoms with Crippen LogP contribution in [0.4, 0.5) is 0 Å². The lowest BCUT2D eigenvalue weighted by atomic mass is 9.83. The Morgan fingerprint density at radius 2 is 2.10 bits per heavy atom. The van der Waals surface area contributed by atoms with Gasteiger partial charge in [0.1, 0.15) is 5.75 Å². The third-order valence-corrected chi connectivity index (χ3v) is 5.88. The molecule has 5 N–H and O–H groups in total. The van der Waals surface area contributed by atoms with Crippen molar-refractivity contribution in [3.8, 4) is 5.75 Å². The van der Waals surface area contributed by atoms with E-state index in [9.17, 15) is 24.6 Å². The molecule has 0 saturated carbocycles. The van der Waals surface area contributed by atoms with E-state index >= 15 is 0 Å². The van der Waals surface area contributed by atoms with Crippen molar-refractivity contribution in [2.24, 2.45) is 17.6 Å². The summed E-state index contributed by atoms with van der Waals surface area (Å²) in [5.74, 6) is -0.409. The maximum atomic E-state index is 12.4. The van der Waals surface area contributed by atoms with Crippen LogP contribution in [0.25, 0.3) is 0 Å². The van der Waals surface area contributed by atoms with Crippen molar-refractivity contribution < 1.29 is 29.3 Å². The van der Waals surface area contributed by atoms with E-state index in [4.69, 9.17) is 10.5 Å². The Labute approximate surface area is 175 Å². The normalized spacial score (nSPS) is 24.2. The van der Waals surface area contributed by atoms with Gasteiger partial charge in [0.05, 0.1) is 25.2 Å². The molecule has 164 valence electrons. The quantitative estimate of drug-likeness (QED) is 0.469. The number of fused-ring (bicyclic) bond motifs is 1. The topological polar surface area (TPSA) is 142 Å². The number of hydrogen-bond donors (Lipinski definition) is 4. The zero-order valence-corrected chi connectivity index (χ0v) is 16.8. The molecule has 0 bridgehead atoms. The average molecular weight is 419 g/mol. The van der Waals surface area contributed by atoms with Crippen molar-refractivity contribution in [3.05, 3.63) is 29.8 Å². The van der Waals surface area contributed by atoms with E-state index < -0.39 is 12.0 Å². The highest BCUT2D eigenvalue weighted by Crippen LogP contribution is 2.35. The minimum absolute atomic E-state index is 0.0286. The Kier molecular flexibility index (Phi) is 7.28. The van der Waals surface area contributed by atoms with Gasteiger partial charge in [-0.05, 0) is 30.0 Å². The van der Waals surface area contributed by atoms with Crippen molar-refractivity contribution in [1.82, 2.24) is 10.2 Å². The maximum absolute atomic E-state index is 12.4. The van der Waals surface area contributed by atoms with Crippen molar-refractivity contribution in [1.29, 1.82) is 0 Å². The molecule has 0 aromatic heterocycles. The summed E-state index contributed by atoms with van der Waals surface area (Å²) < 4.78 is 5.84. The van der Waals surface area contributed by atoms with E-state index in [1.54, 1.807) is 17.0 Å². The number of piperidine rings is 1. The molecule has 9 heteroatoms. The van der Waals surface area contributed by atoms with Crippen molar-refractivity contribution in [3.63, 3.8) is 0 Å². The summed E-state index contributed by atoms with van der Waals surface area (Å²) in [6, 6.07) is 6.26. The number of rotatable bonds is 8. The number of benzene rings is 1. The number of phenolic OH excluding ortho intramolecular Hbond substituents is 1. The summed E-state index contributed by atoms with van der Waals surface area (Å²) in [6.45, 7) is 1.72. The number of nitrogens with zero attached hydrogens (tertiary/aromatic N) is 1. The lowest BCUT2D eigenvalue weighted by molar-refractivity contribution is -0.135. The van der Waals surface area contributed by atoms with E-state index in [0.29, 0.717) is 31.2 Å². The molecule has 0 spiro atoms. The van der Waals surface area contributed by atoms with Gasteiger partial charge in [-0.3, -0.25) is 14.4 Å². The fourth-order valence-electron chi connectivity index (χ4n) is 4.17. The first-order valence-electron chi connectivity index (χ1n) is 10.2. The van der Waals surface area contributed by atoms with Gasteiger partial charge in [0.2, 0.25) is 17.7 Å². The second-order valence-electron chi connectivity index (χ2n) is 8.01. The fourth-order valence-corrected chi connectivity index (χ4v) is 4.17. The fraction of sp³-hybridized carbons (Fsp3) is 0.571. The highest BCUT2D eigenvalue weighted by atomic mass is 16.5. The van der Waals surface area contributed by atoms with Crippen molar-refractivity contribution in [2.75, 3.05) is 26.2 Å². The Balaban J connectivity index is 1.48. The van der Waals surface area contributed by atoms with Crippen LogP contribution in [0.5, 0.6) is 5.75 Å². The number of amides is 3. The molecule has 2 saturated heterocycles. The van der Waals surface area contributed by atoms with Crippen LogP contribution in [0, 0.1) is 11.8 Å². The van der Waals surface area contributed by atoms with Crippen LogP contribution < -0.4 is 11.1 Å². The van der Waals surface area contributed by atoms with E-state index in [0.717, 1.165) is 6.42 Å². The minimum Gasteiger partial charge on any atom is -0.508 e. The number of nitrogens with two attached hydrogens (primary N) is 1. The largest absolute Gasteiger partial charge is 0.508 e. The molecule has 2 unspecified atom stereocenters. The second-order valence-corrected chi connectivity index (χ2v) is 8.01. The molecule has 4 atom stereocenters. The Bertz CT molecular complexity index is 786. The summed E-state index contributed by atoms with van der Waals surface area (Å²) >= 11 is 0. The van der Waals surface area contributed by atoms with Crippen LogP contribution >= 0.6 is 0 Å². The highest BCUT2D eigenvalue weighted by molar-refractivity contribution is 5.83.